The number of rotatable bonds is 13. The fourth-order valence-corrected chi connectivity index (χ4v) is 6.15. The number of pyridine rings is 1. The molecule has 3 N–H and O–H groups in total. The van der Waals surface area contributed by atoms with E-state index in [1.54, 1.807) is 45.0 Å². The number of ether oxygens (including phenoxy) is 1. The second-order valence-corrected chi connectivity index (χ2v) is 11.8. The molecule has 0 saturated carbocycles. The first-order valence-electron chi connectivity index (χ1n) is 13.6. The lowest BCUT2D eigenvalue weighted by molar-refractivity contribution is -0.149. The summed E-state index contributed by atoms with van der Waals surface area (Å²) in [7, 11) is -4.05. The number of para-hydroxylation sites is 2. The monoisotopic (exact) mass is 567 g/mol. The Kier molecular flexibility index (Phi) is 9.45. The molecule has 0 amide bonds. The van der Waals surface area contributed by atoms with E-state index in [0.717, 1.165) is 41.5 Å². The van der Waals surface area contributed by atoms with Crippen LogP contribution in [-0.4, -0.2) is 38.8 Å². The van der Waals surface area contributed by atoms with Gasteiger partial charge in [0, 0.05) is 11.8 Å². The van der Waals surface area contributed by atoms with E-state index < -0.39 is 25.9 Å². The van der Waals surface area contributed by atoms with Gasteiger partial charge in [-0.3, -0.25) is 9.32 Å². The molecule has 3 atom stereocenters. The van der Waals surface area contributed by atoms with Crippen molar-refractivity contribution in [2.75, 3.05) is 5.73 Å². The normalized spacial score (nSPS) is 14.8. The van der Waals surface area contributed by atoms with Crippen LogP contribution in [0.25, 0.3) is 21.9 Å². The molecule has 40 heavy (non-hydrogen) atoms. The van der Waals surface area contributed by atoms with Gasteiger partial charge in [0.1, 0.15) is 23.1 Å². The summed E-state index contributed by atoms with van der Waals surface area (Å²) in [6.45, 7) is 9.31. The summed E-state index contributed by atoms with van der Waals surface area (Å²) in [6.07, 6.45) is 1.74. The number of carbonyl (C=O) groups excluding carboxylic acids is 1. The third-order valence-electron chi connectivity index (χ3n) is 6.23. The third kappa shape index (κ3) is 6.99. The third-order valence-corrected chi connectivity index (χ3v) is 8.02. The Bertz CT molecular complexity index is 1510. The van der Waals surface area contributed by atoms with Crippen LogP contribution in [-0.2, 0) is 31.6 Å². The molecular weight excluding hydrogens is 529 g/mol. The highest BCUT2D eigenvalue weighted by Gasteiger charge is 2.35. The summed E-state index contributed by atoms with van der Waals surface area (Å²) in [5, 5.41) is 3.68. The van der Waals surface area contributed by atoms with Crippen LogP contribution in [0, 0.1) is 0 Å². The van der Waals surface area contributed by atoms with Gasteiger partial charge in [-0.1, -0.05) is 49.7 Å². The average Bonchev–Trinajstić information content (AvgIpc) is 3.26. The molecule has 4 rings (SSSR count). The fraction of sp³-hybridized carbons (Fsp3) is 0.414. The van der Waals surface area contributed by atoms with Crippen LogP contribution in [0.3, 0.4) is 0 Å². The van der Waals surface area contributed by atoms with Crippen molar-refractivity contribution < 1.29 is 23.1 Å². The summed E-state index contributed by atoms with van der Waals surface area (Å²) < 4.78 is 33.4. The number of aromatic nitrogens is 3. The lowest BCUT2D eigenvalue weighted by atomic mass is 10.2. The van der Waals surface area contributed by atoms with Crippen molar-refractivity contribution >= 4 is 41.5 Å². The molecule has 0 aliphatic rings. The van der Waals surface area contributed by atoms with Gasteiger partial charge in [-0.25, -0.2) is 14.5 Å². The van der Waals surface area contributed by atoms with Gasteiger partial charge < -0.3 is 19.6 Å². The highest BCUT2D eigenvalue weighted by Crippen LogP contribution is 2.46. The number of hydrogen-bond donors (Lipinski definition) is 2. The maximum absolute atomic E-state index is 14.1. The Balaban J connectivity index is 1.68. The van der Waals surface area contributed by atoms with Crippen molar-refractivity contribution in [2.45, 2.75) is 78.7 Å². The maximum Gasteiger partial charge on any atom is 0.459 e. The Morgan fingerprint density at radius 3 is 2.45 bits per heavy atom. The van der Waals surface area contributed by atoms with E-state index >= 15 is 0 Å². The van der Waals surface area contributed by atoms with Crippen LogP contribution in [0.15, 0.2) is 54.6 Å². The minimum Gasteiger partial charge on any atom is -0.462 e. The first-order chi connectivity index (χ1) is 19.1. The predicted molar refractivity (Wildman–Crippen MR) is 157 cm³/mol. The number of carbonyl (C=O) groups is 1. The number of anilines is 1. The van der Waals surface area contributed by atoms with Crippen LogP contribution < -0.4 is 15.3 Å². The SMILES string of the molecule is CCCCc1nc2c(N)nc3ccccc3c2n1C[C@@H](C)O[P@@](=O)(N[C@@H](C)C(=O)OC(C)C)Oc1ccccc1. The first kappa shape index (κ1) is 29.5. The van der Waals surface area contributed by atoms with E-state index in [1.165, 1.54) is 0 Å². The minimum absolute atomic E-state index is 0.317. The van der Waals surface area contributed by atoms with Crippen LogP contribution in [0.4, 0.5) is 5.82 Å². The zero-order valence-electron chi connectivity index (χ0n) is 23.7. The molecular formula is C29H38N5O5P. The van der Waals surface area contributed by atoms with Crippen LogP contribution in [0.1, 0.15) is 53.3 Å². The van der Waals surface area contributed by atoms with Crippen LogP contribution >= 0.6 is 7.75 Å². The number of nitrogens with zero attached hydrogens (tertiary/aromatic N) is 3. The highest BCUT2D eigenvalue weighted by atomic mass is 31.2. The molecule has 4 aromatic rings. The molecule has 0 aliphatic carbocycles. The Morgan fingerprint density at radius 2 is 1.75 bits per heavy atom. The molecule has 0 spiro atoms. The van der Waals surface area contributed by atoms with Crippen molar-refractivity contribution in [1.82, 2.24) is 19.6 Å². The number of hydrogen-bond acceptors (Lipinski definition) is 8. The maximum atomic E-state index is 14.1. The van der Waals surface area contributed by atoms with E-state index in [9.17, 15) is 9.36 Å². The molecule has 0 saturated heterocycles. The molecule has 0 unspecified atom stereocenters. The van der Waals surface area contributed by atoms with E-state index in [0.29, 0.717) is 23.6 Å². The van der Waals surface area contributed by atoms with Crippen LogP contribution in [0.5, 0.6) is 5.75 Å². The van der Waals surface area contributed by atoms with E-state index in [1.807, 2.05) is 37.3 Å². The Morgan fingerprint density at radius 1 is 1.05 bits per heavy atom. The number of aryl methyl sites for hydroxylation is 1. The number of esters is 1. The molecule has 11 heteroatoms. The number of nitrogens with two attached hydrogens (primary N) is 1. The largest absolute Gasteiger partial charge is 0.462 e. The molecule has 0 aliphatic heterocycles. The summed E-state index contributed by atoms with van der Waals surface area (Å²) in [4.78, 5) is 21.9. The Labute approximate surface area is 234 Å². The highest BCUT2D eigenvalue weighted by molar-refractivity contribution is 7.52. The van der Waals surface area contributed by atoms with Gasteiger partial charge in [0.05, 0.1) is 29.8 Å². The van der Waals surface area contributed by atoms with Gasteiger partial charge in [0.15, 0.2) is 5.82 Å². The Hall–Kier alpha value is -3.46. The molecule has 0 bridgehead atoms. The van der Waals surface area contributed by atoms with Gasteiger partial charge in [0.2, 0.25) is 0 Å². The molecule has 214 valence electrons. The van der Waals surface area contributed by atoms with Gasteiger partial charge in [-0.05, 0) is 52.3 Å². The second-order valence-electron chi connectivity index (χ2n) is 10.1. The van der Waals surface area contributed by atoms with E-state index in [-0.39, 0.29) is 6.10 Å². The summed E-state index contributed by atoms with van der Waals surface area (Å²) in [6, 6.07) is 15.5. The van der Waals surface area contributed by atoms with Gasteiger partial charge in [-0.15, -0.1) is 0 Å². The molecule has 2 aromatic carbocycles. The molecule has 2 aromatic heterocycles. The van der Waals surface area contributed by atoms with E-state index in [4.69, 9.17) is 24.5 Å². The smallest absolute Gasteiger partial charge is 0.459 e. The number of nitrogens with one attached hydrogen (secondary N) is 1. The average molecular weight is 568 g/mol. The van der Waals surface area contributed by atoms with Gasteiger partial charge in [-0.2, -0.15) is 5.09 Å². The summed E-state index contributed by atoms with van der Waals surface area (Å²) in [5.74, 6) is 0.991. The molecule has 0 radical (unpaired) electrons. The van der Waals surface area contributed by atoms with Gasteiger partial charge in [0.25, 0.3) is 0 Å². The quantitative estimate of drug-likeness (QED) is 0.147. The topological polar surface area (TPSA) is 131 Å². The lowest BCUT2D eigenvalue weighted by Crippen LogP contribution is -2.37. The predicted octanol–water partition coefficient (Wildman–Crippen LogP) is 6.03. The number of unbranched alkanes of at least 4 members (excludes halogenated alkanes) is 1. The number of fused-ring (bicyclic) bond motifs is 3. The van der Waals surface area contributed by atoms with Crippen molar-refractivity contribution in [2.24, 2.45) is 0 Å². The second kappa shape index (κ2) is 12.8. The van der Waals surface area contributed by atoms with Crippen molar-refractivity contribution in [1.29, 1.82) is 0 Å². The number of benzene rings is 2. The summed E-state index contributed by atoms with van der Waals surface area (Å²) >= 11 is 0. The zero-order valence-corrected chi connectivity index (χ0v) is 24.6. The zero-order chi connectivity index (χ0) is 28.9. The van der Waals surface area contributed by atoms with Crippen LogP contribution in [0.2, 0.25) is 0 Å². The summed E-state index contributed by atoms with van der Waals surface area (Å²) in [5.41, 5.74) is 8.58. The molecule has 0 fully saturated rings. The number of nitrogen functional groups attached to an aromatic ring is 1. The standard InChI is InChI=1S/C29H38N5O5P/c1-6-7-17-25-32-26-27(23-15-11-12-16-24(23)31-28(26)30)34(25)18-20(4)38-40(36,39-22-13-9-8-10-14-22)33-21(5)29(35)37-19(2)3/h8-16,19-21H,6-7,17-18H2,1-5H3,(H2,30,31)(H,33,36)/t20-,21+,40+/m1/s1. The number of imidazole rings is 1. The lowest BCUT2D eigenvalue weighted by Gasteiger charge is -2.26. The van der Waals surface area contributed by atoms with Gasteiger partial charge >= 0.3 is 13.7 Å². The van der Waals surface area contributed by atoms with Crippen molar-refractivity contribution in [3.8, 4) is 5.75 Å². The first-order valence-corrected chi connectivity index (χ1v) is 15.2. The fourth-order valence-electron chi connectivity index (χ4n) is 4.48. The molecule has 2 heterocycles. The minimum atomic E-state index is -4.05. The molecule has 10 nitrogen and oxygen atoms in total. The van der Waals surface area contributed by atoms with Crippen molar-refractivity contribution in [3.05, 3.63) is 60.4 Å². The van der Waals surface area contributed by atoms with E-state index in [2.05, 4.69) is 21.6 Å². The van der Waals surface area contributed by atoms with Crippen molar-refractivity contribution in [3.63, 3.8) is 0 Å².